The number of nitrogens with zero attached hydrogens (tertiary/aromatic N) is 5. The molecule has 0 saturated heterocycles. The van der Waals surface area contributed by atoms with Gasteiger partial charge in [-0.2, -0.15) is 4.39 Å². The number of pyridine rings is 3. The second-order valence-corrected chi connectivity index (χ2v) is 7.15. The van der Waals surface area contributed by atoms with Gasteiger partial charge in [-0.05, 0) is 60.7 Å². The van der Waals surface area contributed by atoms with E-state index in [2.05, 4.69) is 9.97 Å². The first kappa shape index (κ1) is 20.3. The van der Waals surface area contributed by atoms with Crippen LogP contribution in [0, 0.1) is 5.95 Å². The molecule has 4 heterocycles. The molecule has 5 rings (SSSR count). The van der Waals surface area contributed by atoms with E-state index in [1.807, 2.05) is 16.7 Å². The van der Waals surface area contributed by atoms with Gasteiger partial charge in [0.2, 0.25) is 5.95 Å². The molecule has 8 nitrogen and oxygen atoms in total. The van der Waals surface area contributed by atoms with Gasteiger partial charge in [0, 0.05) is 23.6 Å². The third-order valence-electron chi connectivity index (χ3n) is 5.15. The van der Waals surface area contributed by atoms with E-state index in [-0.39, 0.29) is 0 Å². The lowest BCUT2D eigenvalue weighted by Gasteiger charge is -2.11. The quantitative estimate of drug-likeness (QED) is 0.332. The monoisotopic (exact) mass is 440 g/mol. The Labute approximate surface area is 187 Å². The first-order valence-corrected chi connectivity index (χ1v) is 9.96. The second-order valence-electron chi connectivity index (χ2n) is 7.15. The van der Waals surface area contributed by atoms with Crippen molar-refractivity contribution >= 4 is 23.0 Å². The van der Waals surface area contributed by atoms with E-state index in [1.165, 1.54) is 19.4 Å². The molecule has 0 aliphatic heterocycles. The normalized spacial score (nSPS) is 11.0. The standard InChI is InChI=1S/C24H17FN6O2/c1-33-24(32)14-4-7-16(8-5-14)31-22(17-3-2-12-27-21(17)26)30-19-10-9-18(29-23(19)31)15-6-11-20(25)28-13-15/h2-13H,1H3,(H2,26,27). The number of fused-ring (bicyclic) bond motifs is 1. The highest BCUT2D eigenvalue weighted by Crippen LogP contribution is 2.31. The van der Waals surface area contributed by atoms with E-state index in [1.54, 1.807) is 48.7 Å². The Hall–Kier alpha value is -4.66. The number of hydrogen-bond acceptors (Lipinski definition) is 7. The number of methoxy groups -OCH3 is 1. The molecule has 0 saturated carbocycles. The molecular weight excluding hydrogens is 423 g/mol. The van der Waals surface area contributed by atoms with Crippen molar-refractivity contribution in [3.8, 4) is 28.3 Å². The van der Waals surface area contributed by atoms with Crippen molar-refractivity contribution in [2.24, 2.45) is 0 Å². The van der Waals surface area contributed by atoms with Gasteiger partial charge in [0.25, 0.3) is 0 Å². The Morgan fingerprint density at radius 3 is 2.52 bits per heavy atom. The summed E-state index contributed by atoms with van der Waals surface area (Å²) < 4.78 is 19.9. The van der Waals surface area contributed by atoms with Crippen LogP contribution in [0.1, 0.15) is 10.4 Å². The Kier molecular flexibility index (Phi) is 4.98. The lowest BCUT2D eigenvalue weighted by atomic mass is 10.2. The third-order valence-corrected chi connectivity index (χ3v) is 5.15. The number of imidazole rings is 1. The zero-order chi connectivity index (χ0) is 22.9. The first-order valence-electron chi connectivity index (χ1n) is 9.96. The average molecular weight is 440 g/mol. The zero-order valence-corrected chi connectivity index (χ0v) is 17.4. The Balaban J connectivity index is 1.75. The highest BCUT2D eigenvalue weighted by Gasteiger charge is 2.19. The maximum atomic E-state index is 13.3. The number of nitrogen functional groups attached to an aromatic ring is 1. The van der Waals surface area contributed by atoms with E-state index in [9.17, 15) is 9.18 Å². The van der Waals surface area contributed by atoms with Gasteiger partial charge in [0.1, 0.15) is 11.3 Å². The van der Waals surface area contributed by atoms with Crippen molar-refractivity contribution in [2.45, 2.75) is 0 Å². The van der Waals surface area contributed by atoms with Crippen LogP contribution in [0.5, 0.6) is 0 Å². The molecule has 5 aromatic rings. The van der Waals surface area contributed by atoms with Crippen LogP contribution in [0.25, 0.3) is 39.5 Å². The molecule has 0 spiro atoms. The molecule has 1 aromatic carbocycles. The molecule has 0 fully saturated rings. The molecule has 4 aromatic heterocycles. The number of halogens is 1. The van der Waals surface area contributed by atoms with Crippen LogP contribution in [0.2, 0.25) is 0 Å². The van der Waals surface area contributed by atoms with Gasteiger partial charge in [0.15, 0.2) is 11.5 Å². The van der Waals surface area contributed by atoms with E-state index in [4.69, 9.17) is 20.4 Å². The molecule has 162 valence electrons. The minimum atomic E-state index is -0.565. The summed E-state index contributed by atoms with van der Waals surface area (Å²) >= 11 is 0. The van der Waals surface area contributed by atoms with Crippen LogP contribution >= 0.6 is 0 Å². The topological polar surface area (TPSA) is 109 Å². The largest absolute Gasteiger partial charge is 0.465 e. The average Bonchev–Trinajstić information content (AvgIpc) is 3.23. The zero-order valence-electron chi connectivity index (χ0n) is 17.4. The predicted molar refractivity (Wildman–Crippen MR) is 121 cm³/mol. The molecule has 0 aliphatic rings. The maximum absolute atomic E-state index is 13.3. The van der Waals surface area contributed by atoms with Gasteiger partial charge in [-0.25, -0.2) is 24.7 Å². The summed E-state index contributed by atoms with van der Waals surface area (Å²) in [7, 11) is 1.33. The van der Waals surface area contributed by atoms with Crippen LogP contribution in [-0.4, -0.2) is 37.6 Å². The minimum absolute atomic E-state index is 0.322. The van der Waals surface area contributed by atoms with Crippen LogP contribution in [0.4, 0.5) is 10.2 Å². The Bertz CT molecular complexity index is 1480. The summed E-state index contributed by atoms with van der Waals surface area (Å²) in [4.78, 5) is 29.3. The van der Waals surface area contributed by atoms with Crippen LogP contribution < -0.4 is 5.73 Å². The van der Waals surface area contributed by atoms with Gasteiger partial charge < -0.3 is 10.5 Å². The number of carbonyl (C=O) groups is 1. The molecule has 0 radical (unpaired) electrons. The smallest absolute Gasteiger partial charge is 0.337 e. The summed E-state index contributed by atoms with van der Waals surface area (Å²) in [6.07, 6.45) is 3.03. The Morgan fingerprint density at radius 1 is 1.00 bits per heavy atom. The van der Waals surface area contributed by atoms with E-state index in [0.717, 1.165) is 0 Å². The van der Waals surface area contributed by atoms with Crippen molar-refractivity contribution in [2.75, 3.05) is 12.8 Å². The fourth-order valence-corrected chi connectivity index (χ4v) is 3.54. The van der Waals surface area contributed by atoms with Crippen molar-refractivity contribution < 1.29 is 13.9 Å². The number of carbonyl (C=O) groups excluding carboxylic acids is 1. The number of nitrogens with two attached hydrogens (primary N) is 1. The number of ether oxygens (including phenoxy) is 1. The lowest BCUT2D eigenvalue weighted by Crippen LogP contribution is -2.04. The second kappa shape index (κ2) is 8.12. The van der Waals surface area contributed by atoms with E-state index >= 15 is 0 Å². The SMILES string of the molecule is COC(=O)c1ccc(-n2c(-c3cccnc3N)nc3ccc(-c4ccc(F)nc4)nc32)cc1. The summed E-state index contributed by atoms with van der Waals surface area (Å²) in [5.74, 6) is -0.130. The number of benzene rings is 1. The Morgan fingerprint density at radius 2 is 1.82 bits per heavy atom. The van der Waals surface area contributed by atoms with Crippen molar-refractivity contribution in [3.05, 3.63) is 84.6 Å². The molecule has 0 amide bonds. The molecular formula is C24H17FN6O2. The van der Waals surface area contributed by atoms with Gasteiger partial charge >= 0.3 is 5.97 Å². The molecule has 0 bridgehead atoms. The van der Waals surface area contributed by atoms with Gasteiger partial charge in [-0.1, -0.05) is 0 Å². The van der Waals surface area contributed by atoms with Gasteiger partial charge in [0.05, 0.1) is 23.9 Å². The number of rotatable bonds is 4. The molecule has 9 heteroatoms. The molecule has 0 atom stereocenters. The van der Waals surface area contributed by atoms with E-state index < -0.39 is 11.9 Å². The summed E-state index contributed by atoms with van der Waals surface area (Å²) in [6, 6.07) is 17.0. The van der Waals surface area contributed by atoms with Crippen LogP contribution in [0.15, 0.2) is 73.1 Å². The van der Waals surface area contributed by atoms with Crippen LogP contribution in [-0.2, 0) is 4.74 Å². The number of aromatic nitrogens is 5. The number of hydrogen-bond donors (Lipinski definition) is 1. The first-order chi connectivity index (χ1) is 16.0. The van der Waals surface area contributed by atoms with Gasteiger partial charge in [-0.15, -0.1) is 0 Å². The molecule has 2 N–H and O–H groups in total. The van der Waals surface area contributed by atoms with Crippen molar-refractivity contribution in [3.63, 3.8) is 0 Å². The number of anilines is 1. The highest BCUT2D eigenvalue weighted by molar-refractivity contribution is 5.90. The summed E-state index contributed by atoms with van der Waals surface area (Å²) in [5.41, 5.74) is 10.4. The fourth-order valence-electron chi connectivity index (χ4n) is 3.54. The minimum Gasteiger partial charge on any atom is -0.465 e. The van der Waals surface area contributed by atoms with Crippen molar-refractivity contribution in [1.29, 1.82) is 0 Å². The molecule has 0 aliphatic carbocycles. The molecule has 0 unspecified atom stereocenters. The maximum Gasteiger partial charge on any atom is 0.337 e. The molecule has 33 heavy (non-hydrogen) atoms. The predicted octanol–water partition coefficient (Wildman–Crippen LogP) is 4.05. The van der Waals surface area contributed by atoms with Gasteiger partial charge in [-0.3, -0.25) is 4.57 Å². The summed E-state index contributed by atoms with van der Waals surface area (Å²) in [6.45, 7) is 0. The number of esters is 1. The van der Waals surface area contributed by atoms with Crippen molar-refractivity contribution in [1.82, 2.24) is 24.5 Å². The third kappa shape index (κ3) is 3.65. The van der Waals surface area contributed by atoms with E-state index in [0.29, 0.717) is 50.9 Å². The lowest BCUT2D eigenvalue weighted by molar-refractivity contribution is 0.0600. The highest BCUT2D eigenvalue weighted by atomic mass is 19.1. The van der Waals surface area contributed by atoms with Crippen LogP contribution in [0.3, 0.4) is 0 Å². The summed E-state index contributed by atoms with van der Waals surface area (Å²) in [5, 5.41) is 0. The fraction of sp³-hybridized carbons (Fsp3) is 0.0417.